The predicted molar refractivity (Wildman–Crippen MR) is 94.2 cm³/mol. The van der Waals surface area contributed by atoms with Crippen LogP contribution in [0.3, 0.4) is 0 Å². The summed E-state index contributed by atoms with van der Waals surface area (Å²) in [7, 11) is 2.07. The molecule has 2 aliphatic rings. The van der Waals surface area contributed by atoms with E-state index in [1.165, 1.54) is 25.0 Å². The number of aryl methyl sites for hydroxylation is 1. The second-order valence-electron chi connectivity index (χ2n) is 6.93. The van der Waals surface area contributed by atoms with Gasteiger partial charge in [0.05, 0.1) is 5.69 Å². The fourth-order valence-corrected chi connectivity index (χ4v) is 3.76. The highest BCUT2D eigenvalue weighted by Crippen LogP contribution is 2.20. The van der Waals surface area contributed by atoms with Crippen molar-refractivity contribution in [2.24, 2.45) is 7.05 Å². The van der Waals surface area contributed by atoms with E-state index in [0.717, 1.165) is 56.4 Å². The van der Waals surface area contributed by atoms with Crippen molar-refractivity contribution < 1.29 is 0 Å². The van der Waals surface area contributed by atoms with Gasteiger partial charge in [0.2, 0.25) is 5.95 Å². The number of nitrogens with one attached hydrogen (secondary N) is 1. The van der Waals surface area contributed by atoms with E-state index in [1.54, 1.807) is 0 Å². The van der Waals surface area contributed by atoms with E-state index in [9.17, 15) is 4.79 Å². The molecular formula is C18H25N5O. The van der Waals surface area contributed by atoms with Gasteiger partial charge in [0, 0.05) is 57.2 Å². The van der Waals surface area contributed by atoms with Crippen LogP contribution >= 0.6 is 0 Å². The molecule has 4 heterocycles. The van der Waals surface area contributed by atoms with Crippen molar-refractivity contribution in [2.45, 2.75) is 38.8 Å². The molecule has 0 spiro atoms. The molecule has 2 aromatic heterocycles. The first-order chi connectivity index (χ1) is 11.7. The van der Waals surface area contributed by atoms with Crippen LogP contribution in [0.2, 0.25) is 0 Å². The Labute approximate surface area is 142 Å². The molecule has 0 bridgehead atoms. The first-order valence-electron chi connectivity index (χ1n) is 8.90. The van der Waals surface area contributed by atoms with Crippen molar-refractivity contribution in [3.05, 3.63) is 45.6 Å². The third-order valence-corrected chi connectivity index (χ3v) is 5.23. The van der Waals surface area contributed by atoms with E-state index in [-0.39, 0.29) is 5.56 Å². The molecule has 6 heteroatoms. The Kier molecular flexibility index (Phi) is 4.14. The first-order valence-corrected chi connectivity index (χ1v) is 8.90. The summed E-state index contributed by atoms with van der Waals surface area (Å²) in [5, 5.41) is 0. The maximum atomic E-state index is 12.5. The van der Waals surface area contributed by atoms with E-state index in [4.69, 9.17) is 4.98 Å². The molecule has 1 N–H and O–H groups in total. The Morgan fingerprint density at radius 3 is 2.79 bits per heavy atom. The van der Waals surface area contributed by atoms with Crippen molar-refractivity contribution in [2.75, 3.05) is 24.5 Å². The van der Waals surface area contributed by atoms with Gasteiger partial charge in [0.1, 0.15) is 0 Å². The molecule has 128 valence electrons. The predicted octanol–water partition coefficient (Wildman–Crippen LogP) is 1.66. The van der Waals surface area contributed by atoms with Crippen molar-refractivity contribution >= 4 is 5.95 Å². The zero-order chi connectivity index (χ0) is 16.5. The highest BCUT2D eigenvalue weighted by atomic mass is 16.1. The van der Waals surface area contributed by atoms with Crippen LogP contribution in [0.25, 0.3) is 0 Å². The smallest absolute Gasteiger partial charge is 0.255 e. The topological polar surface area (TPSA) is 57.2 Å². The largest absolute Gasteiger partial charge is 0.353 e. The molecule has 0 unspecified atom stereocenters. The lowest BCUT2D eigenvalue weighted by molar-refractivity contribution is 0.235. The molecule has 1 saturated heterocycles. The van der Waals surface area contributed by atoms with E-state index in [0.29, 0.717) is 0 Å². The summed E-state index contributed by atoms with van der Waals surface area (Å²) in [5.41, 5.74) is 3.18. The number of fused-ring (bicyclic) bond motifs is 1. The van der Waals surface area contributed by atoms with Crippen LogP contribution in [0, 0.1) is 0 Å². The Hall–Kier alpha value is -2.08. The summed E-state index contributed by atoms with van der Waals surface area (Å²) in [6.07, 6.45) is 6.49. The minimum atomic E-state index is 0.0547. The van der Waals surface area contributed by atoms with E-state index in [1.807, 2.05) is 0 Å². The van der Waals surface area contributed by atoms with E-state index >= 15 is 0 Å². The lowest BCUT2D eigenvalue weighted by Gasteiger charge is -2.30. The number of nitrogens with zero attached hydrogens (tertiary/aromatic N) is 4. The number of hydrogen-bond acceptors (Lipinski definition) is 4. The Morgan fingerprint density at radius 1 is 1.21 bits per heavy atom. The number of aromatic nitrogens is 3. The highest BCUT2D eigenvalue weighted by molar-refractivity contribution is 5.34. The third kappa shape index (κ3) is 2.98. The lowest BCUT2D eigenvalue weighted by Crippen LogP contribution is -2.38. The van der Waals surface area contributed by atoms with Crippen molar-refractivity contribution in [1.82, 2.24) is 19.4 Å². The monoisotopic (exact) mass is 327 g/mol. The van der Waals surface area contributed by atoms with Gasteiger partial charge in [0.15, 0.2) is 0 Å². The normalized spacial score (nSPS) is 18.6. The summed E-state index contributed by atoms with van der Waals surface area (Å²) in [4.78, 5) is 24.9. The number of H-pyrrole nitrogens is 1. The zero-order valence-electron chi connectivity index (χ0n) is 14.3. The van der Waals surface area contributed by atoms with Crippen LogP contribution in [0.5, 0.6) is 0 Å². The maximum Gasteiger partial charge on any atom is 0.255 e. The second-order valence-corrected chi connectivity index (χ2v) is 6.93. The molecule has 0 aliphatic carbocycles. The van der Waals surface area contributed by atoms with Gasteiger partial charge in [-0.15, -0.1) is 0 Å². The number of piperidine rings is 1. The molecule has 24 heavy (non-hydrogen) atoms. The average Bonchev–Trinajstić information content (AvgIpc) is 3.00. The van der Waals surface area contributed by atoms with Gasteiger partial charge < -0.3 is 9.47 Å². The number of aromatic amines is 1. The Morgan fingerprint density at radius 2 is 2.04 bits per heavy atom. The minimum Gasteiger partial charge on any atom is -0.353 e. The molecule has 0 radical (unpaired) electrons. The van der Waals surface area contributed by atoms with Crippen LogP contribution in [0.4, 0.5) is 5.95 Å². The van der Waals surface area contributed by atoms with Crippen molar-refractivity contribution in [1.29, 1.82) is 0 Å². The van der Waals surface area contributed by atoms with E-state index < -0.39 is 0 Å². The Balaban J connectivity index is 1.56. The number of hydrogen-bond donors (Lipinski definition) is 1. The third-order valence-electron chi connectivity index (χ3n) is 5.23. The average molecular weight is 327 g/mol. The van der Waals surface area contributed by atoms with Gasteiger partial charge in [-0.25, -0.2) is 4.98 Å². The van der Waals surface area contributed by atoms with Crippen LogP contribution in [-0.4, -0.2) is 39.1 Å². The van der Waals surface area contributed by atoms with Gasteiger partial charge in [-0.3, -0.25) is 14.7 Å². The highest BCUT2D eigenvalue weighted by Gasteiger charge is 2.23. The van der Waals surface area contributed by atoms with Crippen LogP contribution < -0.4 is 10.5 Å². The Bertz CT molecular complexity index is 772. The fourth-order valence-electron chi connectivity index (χ4n) is 3.76. The van der Waals surface area contributed by atoms with Crippen LogP contribution in [0.15, 0.2) is 23.1 Å². The maximum absolute atomic E-state index is 12.5. The van der Waals surface area contributed by atoms with Gasteiger partial charge in [-0.05, 0) is 37.8 Å². The molecular weight excluding hydrogens is 302 g/mol. The first kappa shape index (κ1) is 15.4. The molecule has 0 amide bonds. The summed E-state index contributed by atoms with van der Waals surface area (Å²) >= 11 is 0. The van der Waals surface area contributed by atoms with Gasteiger partial charge in [-0.2, -0.15) is 0 Å². The molecule has 0 aromatic carbocycles. The molecule has 0 atom stereocenters. The van der Waals surface area contributed by atoms with Gasteiger partial charge in [0.25, 0.3) is 5.56 Å². The van der Waals surface area contributed by atoms with Crippen LogP contribution in [-0.2, 0) is 26.6 Å². The molecule has 2 aliphatic heterocycles. The molecule has 0 saturated carbocycles. The van der Waals surface area contributed by atoms with E-state index in [2.05, 4.69) is 44.7 Å². The van der Waals surface area contributed by atoms with Crippen molar-refractivity contribution in [3.63, 3.8) is 0 Å². The summed E-state index contributed by atoms with van der Waals surface area (Å²) in [6.45, 7) is 4.55. The SMILES string of the molecule is Cn1cccc1CN1CCc2c(nc(N3CCCCC3)[nH]c2=O)C1. The standard InChI is InChI=1S/C18H25N5O/c1-21-8-5-6-14(21)12-22-11-7-15-16(13-22)19-18(20-17(15)24)23-9-3-2-4-10-23/h5-6,8H,2-4,7,9-13H2,1H3,(H,19,20,24). The van der Waals surface area contributed by atoms with Crippen LogP contribution in [0.1, 0.15) is 36.2 Å². The quantitative estimate of drug-likeness (QED) is 0.931. The molecule has 4 rings (SSSR count). The minimum absolute atomic E-state index is 0.0547. The molecule has 6 nitrogen and oxygen atoms in total. The number of rotatable bonds is 3. The lowest BCUT2D eigenvalue weighted by atomic mass is 10.1. The van der Waals surface area contributed by atoms with Gasteiger partial charge in [-0.1, -0.05) is 0 Å². The molecule has 2 aromatic rings. The van der Waals surface area contributed by atoms with Crippen molar-refractivity contribution in [3.8, 4) is 0 Å². The zero-order valence-corrected chi connectivity index (χ0v) is 14.3. The summed E-state index contributed by atoms with van der Waals surface area (Å²) < 4.78 is 2.15. The molecule has 1 fully saturated rings. The summed E-state index contributed by atoms with van der Waals surface area (Å²) in [5.74, 6) is 0.763. The second kappa shape index (κ2) is 6.43. The summed E-state index contributed by atoms with van der Waals surface area (Å²) in [6, 6.07) is 4.23. The fraction of sp³-hybridized carbons (Fsp3) is 0.556. The van der Waals surface area contributed by atoms with Gasteiger partial charge >= 0.3 is 0 Å². The number of anilines is 1.